The Labute approximate surface area is 72.3 Å². The van der Waals surface area contributed by atoms with E-state index in [1.165, 1.54) is 19.3 Å². The van der Waals surface area contributed by atoms with Gasteiger partial charge >= 0.3 is 0 Å². The molecule has 0 amide bonds. The van der Waals surface area contributed by atoms with Crippen LogP contribution in [0.2, 0.25) is 0 Å². The van der Waals surface area contributed by atoms with Crippen LogP contribution in [0, 0.1) is 5.92 Å². The molecule has 1 unspecified atom stereocenters. The standard InChI is InChI=1S/C8H17BrO/c1-8(4-3-6-9)5-7-10-2/h8H,3-7H2,1-2H3. The number of hydrogen-bond acceptors (Lipinski definition) is 1. The molecule has 10 heavy (non-hydrogen) atoms. The quantitative estimate of drug-likeness (QED) is 0.611. The third-order valence-corrected chi connectivity index (χ3v) is 2.21. The van der Waals surface area contributed by atoms with Crippen LogP contribution in [0.5, 0.6) is 0 Å². The summed E-state index contributed by atoms with van der Waals surface area (Å²) in [6.45, 7) is 3.19. The number of halogens is 1. The highest BCUT2D eigenvalue weighted by Gasteiger charge is 1.99. The summed E-state index contributed by atoms with van der Waals surface area (Å²) in [5, 5.41) is 1.13. The van der Waals surface area contributed by atoms with E-state index >= 15 is 0 Å². The Hall–Kier alpha value is 0.440. The van der Waals surface area contributed by atoms with Crippen LogP contribution in [0.15, 0.2) is 0 Å². The molecule has 0 aliphatic rings. The van der Waals surface area contributed by atoms with Gasteiger partial charge in [-0.15, -0.1) is 0 Å². The summed E-state index contributed by atoms with van der Waals surface area (Å²) < 4.78 is 4.98. The van der Waals surface area contributed by atoms with Crippen molar-refractivity contribution >= 4 is 15.9 Å². The van der Waals surface area contributed by atoms with Crippen molar-refractivity contribution in [1.29, 1.82) is 0 Å². The Balaban J connectivity index is 3.00. The van der Waals surface area contributed by atoms with Gasteiger partial charge in [0.15, 0.2) is 0 Å². The summed E-state index contributed by atoms with van der Waals surface area (Å²) in [5.41, 5.74) is 0. The lowest BCUT2D eigenvalue weighted by atomic mass is 10.0. The van der Waals surface area contributed by atoms with Crippen molar-refractivity contribution in [3.8, 4) is 0 Å². The molecule has 0 radical (unpaired) electrons. The summed E-state index contributed by atoms with van der Waals surface area (Å²) in [6, 6.07) is 0. The molecule has 1 nitrogen and oxygen atoms in total. The van der Waals surface area contributed by atoms with Crippen LogP contribution < -0.4 is 0 Å². The average molecular weight is 209 g/mol. The second kappa shape index (κ2) is 7.55. The predicted molar refractivity (Wildman–Crippen MR) is 48.7 cm³/mol. The molecule has 0 spiro atoms. The predicted octanol–water partition coefficient (Wildman–Crippen LogP) is 2.83. The van der Waals surface area contributed by atoms with E-state index < -0.39 is 0 Å². The first-order chi connectivity index (χ1) is 4.81. The van der Waals surface area contributed by atoms with E-state index in [4.69, 9.17) is 4.74 Å². The zero-order chi connectivity index (χ0) is 7.82. The topological polar surface area (TPSA) is 9.23 Å². The van der Waals surface area contributed by atoms with Crippen LogP contribution in [-0.4, -0.2) is 19.0 Å². The lowest BCUT2D eigenvalue weighted by Gasteiger charge is -2.08. The zero-order valence-electron chi connectivity index (χ0n) is 6.90. The average Bonchev–Trinajstić information content (AvgIpc) is 1.97. The first kappa shape index (κ1) is 10.4. The number of methoxy groups -OCH3 is 1. The minimum Gasteiger partial charge on any atom is -0.385 e. The molecule has 0 N–H and O–H groups in total. The van der Waals surface area contributed by atoms with Crippen molar-refractivity contribution in [2.45, 2.75) is 26.2 Å². The first-order valence-electron chi connectivity index (χ1n) is 3.86. The SMILES string of the molecule is COCCC(C)CCCBr. The minimum atomic E-state index is 0.817. The van der Waals surface area contributed by atoms with Gasteiger partial charge in [0.25, 0.3) is 0 Å². The fourth-order valence-corrected chi connectivity index (χ4v) is 1.21. The molecule has 2 heteroatoms. The van der Waals surface area contributed by atoms with Gasteiger partial charge in [0, 0.05) is 19.0 Å². The highest BCUT2D eigenvalue weighted by atomic mass is 79.9. The third kappa shape index (κ3) is 6.56. The fourth-order valence-electron chi connectivity index (χ4n) is 0.889. The fraction of sp³-hybridized carbons (Fsp3) is 1.00. The highest BCUT2D eigenvalue weighted by molar-refractivity contribution is 9.09. The second-order valence-electron chi connectivity index (χ2n) is 2.72. The highest BCUT2D eigenvalue weighted by Crippen LogP contribution is 2.10. The lowest BCUT2D eigenvalue weighted by Crippen LogP contribution is -1.99. The molecular weight excluding hydrogens is 192 g/mol. The molecule has 0 bridgehead atoms. The monoisotopic (exact) mass is 208 g/mol. The van der Waals surface area contributed by atoms with E-state index in [9.17, 15) is 0 Å². The molecule has 0 fully saturated rings. The maximum atomic E-state index is 4.98. The molecule has 0 aliphatic heterocycles. The van der Waals surface area contributed by atoms with Gasteiger partial charge in [-0.25, -0.2) is 0 Å². The lowest BCUT2D eigenvalue weighted by molar-refractivity contribution is 0.178. The normalized spacial score (nSPS) is 13.5. The largest absolute Gasteiger partial charge is 0.385 e. The Morgan fingerprint density at radius 3 is 2.60 bits per heavy atom. The number of hydrogen-bond donors (Lipinski definition) is 0. The number of rotatable bonds is 6. The number of alkyl halides is 1. The third-order valence-electron chi connectivity index (χ3n) is 1.65. The van der Waals surface area contributed by atoms with Gasteiger partial charge in [0.1, 0.15) is 0 Å². The summed E-state index contributed by atoms with van der Waals surface area (Å²) >= 11 is 3.41. The van der Waals surface area contributed by atoms with Gasteiger partial charge in [-0.1, -0.05) is 22.9 Å². The van der Waals surface area contributed by atoms with E-state index in [0.717, 1.165) is 17.9 Å². The Bertz CT molecular complexity index is 58.3. The second-order valence-corrected chi connectivity index (χ2v) is 3.51. The van der Waals surface area contributed by atoms with Crippen LogP contribution in [0.1, 0.15) is 26.2 Å². The van der Waals surface area contributed by atoms with Gasteiger partial charge in [-0.3, -0.25) is 0 Å². The van der Waals surface area contributed by atoms with Gasteiger partial charge < -0.3 is 4.74 Å². The first-order valence-corrected chi connectivity index (χ1v) is 4.98. The molecule has 0 saturated heterocycles. The van der Waals surface area contributed by atoms with Crippen LogP contribution in [-0.2, 0) is 4.74 Å². The van der Waals surface area contributed by atoms with Crippen LogP contribution in [0.3, 0.4) is 0 Å². The van der Waals surface area contributed by atoms with Gasteiger partial charge in [0.2, 0.25) is 0 Å². The van der Waals surface area contributed by atoms with E-state index in [-0.39, 0.29) is 0 Å². The Morgan fingerprint density at radius 1 is 1.40 bits per heavy atom. The van der Waals surface area contributed by atoms with E-state index in [0.29, 0.717) is 0 Å². The van der Waals surface area contributed by atoms with E-state index in [1.54, 1.807) is 7.11 Å². The molecule has 0 aromatic heterocycles. The smallest absolute Gasteiger partial charge is 0.0464 e. The number of ether oxygens (including phenoxy) is 1. The summed E-state index contributed by atoms with van der Waals surface area (Å²) in [5.74, 6) is 0.817. The van der Waals surface area contributed by atoms with E-state index in [2.05, 4.69) is 22.9 Å². The van der Waals surface area contributed by atoms with E-state index in [1.807, 2.05) is 0 Å². The van der Waals surface area contributed by atoms with Crippen molar-refractivity contribution in [2.75, 3.05) is 19.0 Å². The zero-order valence-corrected chi connectivity index (χ0v) is 8.49. The van der Waals surface area contributed by atoms with Gasteiger partial charge in [0.05, 0.1) is 0 Å². The molecule has 62 valence electrons. The summed E-state index contributed by atoms with van der Waals surface area (Å²) in [6.07, 6.45) is 3.79. The van der Waals surface area contributed by atoms with Crippen molar-refractivity contribution < 1.29 is 4.74 Å². The van der Waals surface area contributed by atoms with Crippen LogP contribution >= 0.6 is 15.9 Å². The molecule has 0 rings (SSSR count). The molecule has 1 atom stereocenters. The van der Waals surface area contributed by atoms with Crippen LogP contribution in [0.25, 0.3) is 0 Å². The minimum absolute atomic E-state index is 0.817. The Morgan fingerprint density at radius 2 is 2.10 bits per heavy atom. The van der Waals surface area contributed by atoms with Crippen molar-refractivity contribution in [2.24, 2.45) is 5.92 Å². The van der Waals surface area contributed by atoms with Crippen LogP contribution in [0.4, 0.5) is 0 Å². The molecule has 0 heterocycles. The van der Waals surface area contributed by atoms with Crippen molar-refractivity contribution in [3.63, 3.8) is 0 Å². The Kier molecular flexibility index (Phi) is 7.88. The van der Waals surface area contributed by atoms with Crippen molar-refractivity contribution in [1.82, 2.24) is 0 Å². The summed E-state index contributed by atoms with van der Waals surface area (Å²) in [4.78, 5) is 0. The maximum Gasteiger partial charge on any atom is 0.0464 e. The molecule has 0 aliphatic carbocycles. The van der Waals surface area contributed by atoms with Gasteiger partial charge in [-0.05, 0) is 25.2 Å². The van der Waals surface area contributed by atoms with Gasteiger partial charge in [-0.2, -0.15) is 0 Å². The maximum absolute atomic E-state index is 4.98. The van der Waals surface area contributed by atoms with Crippen molar-refractivity contribution in [3.05, 3.63) is 0 Å². The molecule has 0 aromatic carbocycles. The molecular formula is C8H17BrO. The summed E-state index contributed by atoms with van der Waals surface area (Å²) in [7, 11) is 1.76. The molecule has 0 saturated carbocycles. The molecule has 0 aromatic rings.